The Morgan fingerprint density at radius 3 is 2.39 bits per heavy atom. The summed E-state index contributed by atoms with van der Waals surface area (Å²) < 4.78 is 13.6. The lowest BCUT2D eigenvalue weighted by Gasteiger charge is -2.47. The Balaban J connectivity index is 1.35. The lowest BCUT2D eigenvalue weighted by atomic mass is 9.87. The van der Waals surface area contributed by atoms with Gasteiger partial charge in [0.05, 0.1) is 12.0 Å². The lowest BCUT2D eigenvalue weighted by Crippen LogP contribution is -2.63. The SMILES string of the molecule is CC(C)C1CN(C(C)C(C(N)=O)c2ccc3ccccc3c2)CCN1C(=O)C(Cc1ccc(F)cc1)NC(=O)C1CCCN1. The Bertz CT molecular complexity index is 1470. The van der Waals surface area contributed by atoms with E-state index in [0.29, 0.717) is 19.6 Å². The van der Waals surface area contributed by atoms with Gasteiger partial charge in [0.2, 0.25) is 17.7 Å². The van der Waals surface area contributed by atoms with Gasteiger partial charge in [-0.3, -0.25) is 19.3 Å². The number of carbonyl (C=O) groups is 3. The molecule has 5 rings (SSSR count). The van der Waals surface area contributed by atoms with Crippen molar-refractivity contribution >= 4 is 28.5 Å². The summed E-state index contributed by atoms with van der Waals surface area (Å²) in [5, 5.41) is 8.39. The standard InChI is InChI=1S/C35H44FN5O3/c1-22(2)31-21-40(23(3)32(33(37)42)27-13-12-25-7-4-5-8-26(25)20-27)17-18-41(31)35(44)30(19-24-10-14-28(36)15-11-24)39-34(43)29-9-6-16-38-29/h4-5,7-8,10-15,20,22-23,29-32,38H,6,9,16-19,21H2,1-3H3,(H2,37,42)(H,39,43). The molecule has 2 heterocycles. The Morgan fingerprint density at radius 1 is 1.00 bits per heavy atom. The second-order valence-electron chi connectivity index (χ2n) is 12.6. The van der Waals surface area contributed by atoms with Crippen molar-refractivity contribution in [3.8, 4) is 0 Å². The maximum absolute atomic E-state index is 14.2. The zero-order valence-corrected chi connectivity index (χ0v) is 25.8. The molecule has 0 aromatic heterocycles. The van der Waals surface area contributed by atoms with Gasteiger partial charge in [-0.2, -0.15) is 0 Å². The molecule has 0 spiro atoms. The third kappa shape index (κ3) is 7.11. The minimum absolute atomic E-state index is 0.125. The first-order chi connectivity index (χ1) is 21.1. The second-order valence-corrected chi connectivity index (χ2v) is 12.6. The van der Waals surface area contributed by atoms with Gasteiger partial charge in [-0.15, -0.1) is 0 Å². The number of benzene rings is 3. The van der Waals surface area contributed by atoms with Gasteiger partial charge in [0.25, 0.3) is 0 Å². The summed E-state index contributed by atoms with van der Waals surface area (Å²) in [6, 6.07) is 18.7. The highest BCUT2D eigenvalue weighted by Gasteiger charge is 2.40. The number of rotatable bonds is 10. The number of carbonyl (C=O) groups excluding carboxylic acids is 3. The molecule has 234 valence electrons. The molecule has 5 atom stereocenters. The molecular formula is C35H44FN5O3. The number of hydrogen-bond acceptors (Lipinski definition) is 5. The third-order valence-corrected chi connectivity index (χ3v) is 9.34. The lowest BCUT2D eigenvalue weighted by molar-refractivity contribution is -0.143. The van der Waals surface area contributed by atoms with Crippen molar-refractivity contribution in [1.82, 2.24) is 20.4 Å². The molecule has 44 heavy (non-hydrogen) atoms. The largest absolute Gasteiger partial charge is 0.369 e. The molecule has 0 aliphatic carbocycles. The van der Waals surface area contributed by atoms with Gasteiger partial charge in [-0.05, 0) is 66.3 Å². The van der Waals surface area contributed by atoms with E-state index in [1.54, 1.807) is 12.1 Å². The van der Waals surface area contributed by atoms with E-state index in [-0.39, 0.29) is 54.0 Å². The fourth-order valence-corrected chi connectivity index (χ4v) is 6.78. The van der Waals surface area contributed by atoms with Gasteiger partial charge in [0.15, 0.2) is 0 Å². The highest BCUT2D eigenvalue weighted by Crippen LogP contribution is 2.30. The Labute approximate surface area is 259 Å². The van der Waals surface area contributed by atoms with Crippen LogP contribution in [0.25, 0.3) is 10.8 Å². The molecule has 4 N–H and O–H groups in total. The fourth-order valence-electron chi connectivity index (χ4n) is 6.78. The molecule has 9 heteroatoms. The van der Waals surface area contributed by atoms with E-state index >= 15 is 0 Å². The molecule has 0 radical (unpaired) electrons. The average Bonchev–Trinajstić information content (AvgIpc) is 3.56. The molecule has 2 aliphatic rings. The predicted molar refractivity (Wildman–Crippen MR) is 170 cm³/mol. The van der Waals surface area contributed by atoms with Crippen LogP contribution in [0.3, 0.4) is 0 Å². The Morgan fingerprint density at radius 2 is 1.73 bits per heavy atom. The van der Waals surface area contributed by atoms with Gasteiger partial charge >= 0.3 is 0 Å². The number of nitrogens with two attached hydrogens (primary N) is 1. The first-order valence-electron chi connectivity index (χ1n) is 15.7. The number of piperazine rings is 1. The van der Waals surface area contributed by atoms with Crippen LogP contribution in [0.2, 0.25) is 0 Å². The van der Waals surface area contributed by atoms with E-state index < -0.39 is 12.0 Å². The van der Waals surface area contributed by atoms with E-state index in [1.807, 2.05) is 54.3 Å². The number of amides is 3. The number of fused-ring (bicyclic) bond motifs is 1. The van der Waals surface area contributed by atoms with Crippen LogP contribution >= 0.6 is 0 Å². The normalized spacial score (nSPS) is 21.2. The molecule has 0 saturated carbocycles. The summed E-state index contributed by atoms with van der Waals surface area (Å²) in [5.74, 6) is -1.45. The van der Waals surface area contributed by atoms with Gasteiger partial charge < -0.3 is 21.3 Å². The van der Waals surface area contributed by atoms with Crippen LogP contribution in [-0.2, 0) is 20.8 Å². The van der Waals surface area contributed by atoms with Crippen molar-refractivity contribution in [2.24, 2.45) is 11.7 Å². The van der Waals surface area contributed by atoms with Gasteiger partial charge in [0, 0.05) is 38.1 Å². The molecule has 3 amide bonds. The van der Waals surface area contributed by atoms with Crippen molar-refractivity contribution in [2.45, 2.75) is 70.1 Å². The van der Waals surface area contributed by atoms with Crippen LogP contribution < -0.4 is 16.4 Å². The highest BCUT2D eigenvalue weighted by atomic mass is 19.1. The van der Waals surface area contributed by atoms with E-state index in [0.717, 1.165) is 41.3 Å². The average molecular weight is 602 g/mol. The summed E-state index contributed by atoms with van der Waals surface area (Å²) in [6.07, 6.45) is 1.91. The topological polar surface area (TPSA) is 108 Å². The zero-order valence-electron chi connectivity index (χ0n) is 25.8. The van der Waals surface area contributed by atoms with E-state index in [2.05, 4.69) is 29.4 Å². The number of nitrogens with zero attached hydrogens (tertiary/aromatic N) is 2. The molecule has 8 nitrogen and oxygen atoms in total. The van der Waals surface area contributed by atoms with Crippen molar-refractivity contribution < 1.29 is 18.8 Å². The number of primary amides is 1. The van der Waals surface area contributed by atoms with Crippen LogP contribution in [0.4, 0.5) is 4.39 Å². The van der Waals surface area contributed by atoms with Crippen molar-refractivity contribution in [3.63, 3.8) is 0 Å². The number of nitrogens with one attached hydrogen (secondary N) is 2. The molecule has 2 fully saturated rings. The molecule has 3 aromatic rings. The number of hydrogen-bond donors (Lipinski definition) is 3. The monoisotopic (exact) mass is 601 g/mol. The Kier molecular flexibility index (Phi) is 9.96. The minimum Gasteiger partial charge on any atom is -0.369 e. The van der Waals surface area contributed by atoms with Crippen molar-refractivity contribution in [2.75, 3.05) is 26.2 Å². The second kappa shape index (κ2) is 13.9. The van der Waals surface area contributed by atoms with Crippen LogP contribution in [0, 0.1) is 11.7 Å². The van der Waals surface area contributed by atoms with Crippen LogP contribution in [0.15, 0.2) is 66.7 Å². The quantitative estimate of drug-likeness (QED) is 0.329. The Hall–Kier alpha value is -3.82. The van der Waals surface area contributed by atoms with E-state index in [1.165, 1.54) is 12.1 Å². The molecule has 2 saturated heterocycles. The summed E-state index contributed by atoms with van der Waals surface area (Å²) in [4.78, 5) is 44.4. The zero-order chi connectivity index (χ0) is 31.4. The minimum atomic E-state index is -0.781. The maximum Gasteiger partial charge on any atom is 0.245 e. The molecule has 0 bridgehead atoms. The summed E-state index contributed by atoms with van der Waals surface area (Å²) in [7, 11) is 0. The van der Waals surface area contributed by atoms with Crippen LogP contribution in [0.1, 0.15) is 50.7 Å². The number of halogens is 1. The molecule has 3 aromatic carbocycles. The third-order valence-electron chi connectivity index (χ3n) is 9.34. The highest BCUT2D eigenvalue weighted by molar-refractivity contribution is 5.90. The smallest absolute Gasteiger partial charge is 0.245 e. The van der Waals surface area contributed by atoms with Crippen molar-refractivity contribution in [3.05, 3.63) is 83.7 Å². The van der Waals surface area contributed by atoms with Crippen LogP contribution in [0.5, 0.6) is 0 Å². The van der Waals surface area contributed by atoms with Gasteiger partial charge in [-0.1, -0.05) is 68.4 Å². The summed E-state index contributed by atoms with van der Waals surface area (Å²) in [5.41, 5.74) is 7.67. The van der Waals surface area contributed by atoms with Gasteiger partial charge in [0.1, 0.15) is 11.9 Å². The predicted octanol–water partition coefficient (Wildman–Crippen LogP) is 3.58. The first kappa shape index (κ1) is 31.6. The first-order valence-corrected chi connectivity index (χ1v) is 15.7. The molecule has 2 aliphatic heterocycles. The summed E-state index contributed by atoms with van der Waals surface area (Å²) in [6.45, 7) is 8.57. The molecular weight excluding hydrogens is 557 g/mol. The van der Waals surface area contributed by atoms with Crippen molar-refractivity contribution in [1.29, 1.82) is 0 Å². The van der Waals surface area contributed by atoms with E-state index in [9.17, 15) is 18.8 Å². The maximum atomic E-state index is 14.2. The van der Waals surface area contributed by atoms with Gasteiger partial charge in [-0.25, -0.2) is 4.39 Å². The van der Waals surface area contributed by atoms with Crippen LogP contribution in [-0.4, -0.2) is 77.9 Å². The fraction of sp³-hybridized carbons (Fsp3) is 0.457. The summed E-state index contributed by atoms with van der Waals surface area (Å²) >= 11 is 0. The molecule has 5 unspecified atom stereocenters. The van der Waals surface area contributed by atoms with E-state index in [4.69, 9.17) is 5.73 Å².